The minimum absolute atomic E-state index is 0.0978. The summed E-state index contributed by atoms with van der Waals surface area (Å²) in [4.78, 5) is 12.5. The van der Waals surface area contributed by atoms with Crippen molar-refractivity contribution in [3.8, 4) is 11.5 Å². The summed E-state index contributed by atoms with van der Waals surface area (Å²) >= 11 is 0. The normalized spacial score (nSPS) is 12.1. The molecule has 0 aliphatic heterocycles. The number of aromatic nitrogens is 2. The average Bonchev–Trinajstić information content (AvgIpc) is 2.87. The molecule has 6 nitrogen and oxygen atoms in total. The van der Waals surface area contributed by atoms with Crippen LogP contribution in [0, 0.1) is 6.92 Å². The Kier molecular flexibility index (Phi) is 5.95. The molecule has 1 heterocycles. The van der Waals surface area contributed by atoms with Crippen molar-refractivity contribution < 1.29 is 23.0 Å². The van der Waals surface area contributed by atoms with E-state index < -0.39 is 6.61 Å². The molecule has 0 fully saturated rings. The Bertz CT molecular complexity index is 747. The van der Waals surface area contributed by atoms with E-state index in [1.54, 1.807) is 18.7 Å². The van der Waals surface area contributed by atoms with Crippen LogP contribution in [0.3, 0.4) is 0 Å². The zero-order valence-corrected chi connectivity index (χ0v) is 14.5. The second-order valence-corrected chi connectivity index (χ2v) is 5.51. The summed E-state index contributed by atoms with van der Waals surface area (Å²) in [5.74, 6) is -0.356. The number of nitrogens with zero attached hydrogens (tertiary/aromatic N) is 2. The Labute approximate surface area is 144 Å². The van der Waals surface area contributed by atoms with Crippen molar-refractivity contribution in [2.24, 2.45) is 7.05 Å². The van der Waals surface area contributed by atoms with Crippen LogP contribution in [0.4, 0.5) is 8.78 Å². The van der Waals surface area contributed by atoms with Gasteiger partial charge in [-0.15, -0.1) is 0 Å². The molecule has 0 saturated heterocycles. The number of carbonyl (C=O) groups is 1. The molecule has 0 spiro atoms. The van der Waals surface area contributed by atoms with E-state index in [4.69, 9.17) is 4.74 Å². The van der Waals surface area contributed by atoms with Crippen LogP contribution >= 0.6 is 0 Å². The van der Waals surface area contributed by atoms with Gasteiger partial charge in [-0.25, -0.2) is 0 Å². The molecule has 1 aromatic heterocycles. The largest absolute Gasteiger partial charge is 0.490 e. The molecule has 25 heavy (non-hydrogen) atoms. The molecule has 8 heteroatoms. The lowest BCUT2D eigenvalue weighted by atomic mass is 10.1. The Morgan fingerprint density at radius 2 is 2.08 bits per heavy atom. The highest BCUT2D eigenvalue weighted by Gasteiger charge is 2.18. The van der Waals surface area contributed by atoms with Crippen molar-refractivity contribution in [3.05, 3.63) is 41.2 Å². The molecule has 136 valence electrons. The number of rotatable bonds is 7. The van der Waals surface area contributed by atoms with Crippen LogP contribution in [-0.4, -0.2) is 28.9 Å². The van der Waals surface area contributed by atoms with E-state index in [-0.39, 0.29) is 30.1 Å². The smallest absolute Gasteiger partial charge is 0.387 e. The molecule has 1 aromatic carbocycles. The third kappa shape index (κ3) is 4.68. The number of nitrogens with one attached hydrogen (secondary N) is 1. The first-order valence-electron chi connectivity index (χ1n) is 7.84. The Hall–Kier alpha value is -2.64. The fourth-order valence-electron chi connectivity index (χ4n) is 2.51. The van der Waals surface area contributed by atoms with Gasteiger partial charge in [0, 0.05) is 24.4 Å². The van der Waals surface area contributed by atoms with Crippen molar-refractivity contribution >= 4 is 5.91 Å². The molecule has 0 aliphatic rings. The van der Waals surface area contributed by atoms with Crippen molar-refractivity contribution in [1.82, 2.24) is 15.1 Å². The lowest BCUT2D eigenvalue weighted by molar-refractivity contribution is -0.0514. The third-order valence-corrected chi connectivity index (χ3v) is 3.59. The maximum atomic E-state index is 12.5. The maximum Gasteiger partial charge on any atom is 0.387 e. The molecule has 0 radical (unpaired) electrons. The van der Waals surface area contributed by atoms with Crippen LogP contribution in [0.25, 0.3) is 0 Å². The van der Waals surface area contributed by atoms with Gasteiger partial charge in [0.1, 0.15) is 0 Å². The average molecular weight is 353 g/mol. The molecule has 0 saturated carbocycles. The van der Waals surface area contributed by atoms with Gasteiger partial charge in [0.25, 0.3) is 5.91 Å². The van der Waals surface area contributed by atoms with E-state index in [0.29, 0.717) is 5.56 Å². The van der Waals surface area contributed by atoms with Crippen LogP contribution < -0.4 is 14.8 Å². The van der Waals surface area contributed by atoms with Crippen LogP contribution in [0.15, 0.2) is 24.4 Å². The number of aryl methyl sites for hydroxylation is 2. The van der Waals surface area contributed by atoms with Crippen LogP contribution in [0.1, 0.15) is 41.5 Å². The topological polar surface area (TPSA) is 65.4 Å². The van der Waals surface area contributed by atoms with E-state index in [1.165, 1.54) is 18.2 Å². The van der Waals surface area contributed by atoms with Crippen molar-refractivity contribution in [3.63, 3.8) is 0 Å². The number of carbonyl (C=O) groups excluding carboxylic acids is 1. The lowest BCUT2D eigenvalue weighted by Crippen LogP contribution is -2.27. The van der Waals surface area contributed by atoms with E-state index in [2.05, 4.69) is 15.2 Å². The predicted octanol–water partition coefficient (Wildman–Crippen LogP) is 3.22. The fraction of sp³-hybridized carbons (Fsp3) is 0.412. The summed E-state index contributed by atoms with van der Waals surface area (Å²) in [6.45, 7) is 2.72. The number of alkyl halides is 2. The standard InChI is InChI=1S/C17H21F2N3O3/c1-5-24-15-8-12(6-7-14(15)25-17(18)19)16(23)20-10(2)13-9-22(4)21-11(13)3/h6-10,17H,5H2,1-4H3,(H,20,23). The van der Waals surface area contributed by atoms with E-state index in [0.717, 1.165) is 11.3 Å². The van der Waals surface area contributed by atoms with Gasteiger partial charge in [0.05, 0.1) is 18.3 Å². The second-order valence-electron chi connectivity index (χ2n) is 5.51. The molecular formula is C17H21F2N3O3. The fourth-order valence-corrected chi connectivity index (χ4v) is 2.51. The summed E-state index contributed by atoms with van der Waals surface area (Å²) < 4.78 is 36.2. The lowest BCUT2D eigenvalue weighted by Gasteiger charge is -2.15. The molecule has 0 aliphatic carbocycles. The molecule has 1 N–H and O–H groups in total. The van der Waals surface area contributed by atoms with E-state index in [1.807, 2.05) is 20.0 Å². The van der Waals surface area contributed by atoms with Gasteiger partial charge in [-0.1, -0.05) is 0 Å². The van der Waals surface area contributed by atoms with Crippen molar-refractivity contribution in [1.29, 1.82) is 0 Å². The van der Waals surface area contributed by atoms with Gasteiger partial charge in [-0.2, -0.15) is 13.9 Å². The van der Waals surface area contributed by atoms with Crippen LogP contribution in [-0.2, 0) is 7.05 Å². The summed E-state index contributed by atoms with van der Waals surface area (Å²) in [7, 11) is 1.81. The maximum absolute atomic E-state index is 12.5. The third-order valence-electron chi connectivity index (χ3n) is 3.59. The first-order valence-corrected chi connectivity index (χ1v) is 7.84. The summed E-state index contributed by atoms with van der Waals surface area (Å²) in [5.41, 5.74) is 2.02. The second kappa shape index (κ2) is 7.96. The summed E-state index contributed by atoms with van der Waals surface area (Å²) in [5, 5.41) is 7.11. The van der Waals surface area contributed by atoms with Gasteiger partial charge in [0.2, 0.25) is 0 Å². The van der Waals surface area contributed by atoms with Gasteiger partial charge in [0.15, 0.2) is 11.5 Å². The molecule has 1 atom stereocenters. The molecule has 1 unspecified atom stereocenters. The monoisotopic (exact) mass is 353 g/mol. The Balaban J connectivity index is 2.18. The minimum Gasteiger partial charge on any atom is -0.490 e. The van der Waals surface area contributed by atoms with E-state index in [9.17, 15) is 13.6 Å². The Morgan fingerprint density at radius 1 is 1.36 bits per heavy atom. The minimum atomic E-state index is -2.97. The Morgan fingerprint density at radius 3 is 2.64 bits per heavy atom. The number of ether oxygens (including phenoxy) is 2. The number of benzene rings is 1. The van der Waals surface area contributed by atoms with Gasteiger partial charge in [-0.3, -0.25) is 9.48 Å². The van der Waals surface area contributed by atoms with Crippen LogP contribution in [0.5, 0.6) is 11.5 Å². The van der Waals surface area contributed by atoms with Gasteiger partial charge >= 0.3 is 6.61 Å². The molecule has 1 amide bonds. The molecular weight excluding hydrogens is 332 g/mol. The molecule has 2 aromatic rings. The number of hydrogen-bond donors (Lipinski definition) is 1. The number of halogens is 2. The number of amides is 1. The van der Waals surface area contributed by atoms with E-state index >= 15 is 0 Å². The highest BCUT2D eigenvalue weighted by Crippen LogP contribution is 2.30. The molecule has 0 bridgehead atoms. The zero-order chi connectivity index (χ0) is 18.6. The predicted molar refractivity (Wildman–Crippen MR) is 88.1 cm³/mol. The van der Waals surface area contributed by atoms with Crippen molar-refractivity contribution in [2.75, 3.05) is 6.61 Å². The van der Waals surface area contributed by atoms with Gasteiger partial charge < -0.3 is 14.8 Å². The van der Waals surface area contributed by atoms with Crippen molar-refractivity contribution in [2.45, 2.75) is 33.4 Å². The summed E-state index contributed by atoms with van der Waals surface area (Å²) in [6.07, 6.45) is 1.84. The number of hydrogen-bond acceptors (Lipinski definition) is 4. The molecule has 2 rings (SSSR count). The van der Waals surface area contributed by atoms with Gasteiger partial charge in [-0.05, 0) is 39.0 Å². The zero-order valence-electron chi connectivity index (χ0n) is 14.5. The summed E-state index contributed by atoms with van der Waals surface area (Å²) in [6, 6.07) is 3.85. The first-order chi connectivity index (χ1) is 11.8. The first kappa shape index (κ1) is 18.7. The van der Waals surface area contributed by atoms with Crippen LogP contribution in [0.2, 0.25) is 0 Å². The highest BCUT2D eigenvalue weighted by molar-refractivity contribution is 5.95. The quantitative estimate of drug-likeness (QED) is 0.830. The SMILES string of the molecule is CCOc1cc(C(=O)NC(C)c2cn(C)nc2C)ccc1OC(F)F. The highest BCUT2D eigenvalue weighted by atomic mass is 19.3.